The van der Waals surface area contributed by atoms with Crippen LogP contribution in [0.1, 0.15) is 29.8 Å². The molecule has 0 saturated carbocycles. The lowest BCUT2D eigenvalue weighted by Gasteiger charge is -2.35. The van der Waals surface area contributed by atoms with Crippen LogP contribution in [-0.2, 0) is 11.3 Å². The molecule has 5 nitrogen and oxygen atoms in total. The quantitative estimate of drug-likeness (QED) is 0.701. The van der Waals surface area contributed by atoms with E-state index in [9.17, 15) is 4.79 Å². The van der Waals surface area contributed by atoms with Crippen LogP contribution in [-0.4, -0.2) is 61.2 Å². The van der Waals surface area contributed by atoms with Crippen molar-refractivity contribution in [3.63, 3.8) is 0 Å². The Balaban J connectivity index is 1.76. The first kappa shape index (κ1) is 20.4. The summed E-state index contributed by atoms with van der Waals surface area (Å²) >= 11 is 0. The molecule has 1 aliphatic heterocycles. The first-order valence-corrected chi connectivity index (χ1v) is 10.0. The molecule has 1 atom stereocenters. The summed E-state index contributed by atoms with van der Waals surface area (Å²) < 4.78 is 11.0. The summed E-state index contributed by atoms with van der Waals surface area (Å²) in [5, 5.41) is 0. The van der Waals surface area contributed by atoms with Crippen molar-refractivity contribution >= 4 is 5.91 Å². The van der Waals surface area contributed by atoms with Crippen LogP contribution in [0.3, 0.4) is 0 Å². The highest BCUT2D eigenvalue weighted by molar-refractivity contribution is 5.94. The minimum atomic E-state index is 0.0488. The van der Waals surface area contributed by atoms with E-state index in [1.165, 1.54) is 0 Å². The van der Waals surface area contributed by atoms with Crippen LogP contribution in [0.15, 0.2) is 54.6 Å². The molecule has 1 fully saturated rings. The fourth-order valence-electron chi connectivity index (χ4n) is 3.49. The summed E-state index contributed by atoms with van der Waals surface area (Å²) in [7, 11) is 0. The van der Waals surface area contributed by atoms with Crippen molar-refractivity contribution in [2.75, 3.05) is 39.5 Å². The standard InChI is InChI=1S/C23H30N2O3/c1-3-28-22-11-9-21(10-12-22)23(26)25(18-20-7-5-4-6-8-20)19(2)17-24-13-15-27-16-14-24/h4-12,19H,3,13-18H2,1-2H3. The average molecular weight is 383 g/mol. The summed E-state index contributed by atoms with van der Waals surface area (Å²) in [4.78, 5) is 17.7. The minimum Gasteiger partial charge on any atom is -0.494 e. The summed E-state index contributed by atoms with van der Waals surface area (Å²) in [6.45, 7) is 9.50. The maximum absolute atomic E-state index is 13.3. The number of benzene rings is 2. The van der Waals surface area contributed by atoms with Crippen molar-refractivity contribution in [2.45, 2.75) is 26.4 Å². The molecule has 5 heteroatoms. The van der Waals surface area contributed by atoms with Crippen molar-refractivity contribution in [1.29, 1.82) is 0 Å². The van der Waals surface area contributed by atoms with Crippen LogP contribution >= 0.6 is 0 Å². The second kappa shape index (κ2) is 10.2. The maximum Gasteiger partial charge on any atom is 0.254 e. The first-order valence-electron chi connectivity index (χ1n) is 10.0. The van der Waals surface area contributed by atoms with E-state index in [1.54, 1.807) is 0 Å². The van der Waals surface area contributed by atoms with Gasteiger partial charge in [-0.15, -0.1) is 0 Å². The number of morpholine rings is 1. The zero-order valence-electron chi connectivity index (χ0n) is 16.8. The molecule has 1 saturated heterocycles. The van der Waals surface area contributed by atoms with Crippen LogP contribution in [0.4, 0.5) is 0 Å². The van der Waals surface area contributed by atoms with Gasteiger partial charge in [-0.2, -0.15) is 0 Å². The zero-order valence-corrected chi connectivity index (χ0v) is 16.8. The van der Waals surface area contributed by atoms with Crippen LogP contribution < -0.4 is 4.74 Å². The Hall–Kier alpha value is -2.37. The molecule has 28 heavy (non-hydrogen) atoms. The highest BCUT2D eigenvalue weighted by atomic mass is 16.5. The van der Waals surface area contributed by atoms with Gasteiger partial charge in [-0.1, -0.05) is 30.3 Å². The zero-order chi connectivity index (χ0) is 19.8. The van der Waals surface area contributed by atoms with Gasteiger partial charge in [0.15, 0.2) is 0 Å². The molecule has 0 N–H and O–H groups in total. The Kier molecular flexibility index (Phi) is 7.46. The first-order chi connectivity index (χ1) is 13.7. The Morgan fingerprint density at radius 3 is 2.43 bits per heavy atom. The number of hydrogen-bond donors (Lipinski definition) is 0. The van der Waals surface area contributed by atoms with Gasteiger partial charge < -0.3 is 14.4 Å². The summed E-state index contributed by atoms with van der Waals surface area (Å²) in [5.74, 6) is 0.836. The molecule has 0 spiro atoms. The van der Waals surface area contributed by atoms with E-state index in [2.05, 4.69) is 24.0 Å². The van der Waals surface area contributed by atoms with Gasteiger partial charge in [0.25, 0.3) is 5.91 Å². The van der Waals surface area contributed by atoms with Gasteiger partial charge in [0.1, 0.15) is 5.75 Å². The topological polar surface area (TPSA) is 42.0 Å². The number of carbonyl (C=O) groups excluding carboxylic acids is 1. The van der Waals surface area contributed by atoms with Crippen LogP contribution in [0, 0.1) is 0 Å². The second-order valence-electron chi connectivity index (χ2n) is 7.14. The number of carbonyl (C=O) groups is 1. The molecule has 0 radical (unpaired) electrons. The van der Waals surface area contributed by atoms with Gasteiger partial charge in [0, 0.05) is 37.8 Å². The molecule has 1 aliphatic rings. The SMILES string of the molecule is CCOc1ccc(C(=O)N(Cc2ccccc2)C(C)CN2CCOCC2)cc1. The van der Waals surface area contributed by atoms with E-state index in [1.807, 2.05) is 54.3 Å². The highest BCUT2D eigenvalue weighted by Gasteiger charge is 2.24. The molecule has 1 amide bonds. The molecule has 2 aromatic rings. The van der Waals surface area contributed by atoms with Crippen molar-refractivity contribution in [3.05, 3.63) is 65.7 Å². The number of amides is 1. The normalized spacial score (nSPS) is 15.8. The van der Waals surface area contributed by atoms with E-state index in [0.29, 0.717) is 18.7 Å². The number of rotatable bonds is 8. The van der Waals surface area contributed by atoms with Crippen molar-refractivity contribution in [3.8, 4) is 5.75 Å². The van der Waals surface area contributed by atoms with E-state index in [4.69, 9.17) is 9.47 Å². The maximum atomic E-state index is 13.3. The molecule has 0 bridgehead atoms. The predicted octanol–water partition coefficient (Wildman–Crippen LogP) is 3.45. The lowest BCUT2D eigenvalue weighted by atomic mass is 10.1. The van der Waals surface area contributed by atoms with Crippen molar-refractivity contribution in [2.24, 2.45) is 0 Å². The Bertz CT molecular complexity index is 727. The van der Waals surface area contributed by atoms with Gasteiger partial charge >= 0.3 is 0 Å². The van der Waals surface area contributed by atoms with Gasteiger partial charge in [-0.3, -0.25) is 9.69 Å². The van der Waals surface area contributed by atoms with E-state index in [0.717, 1.165) is 44.2 Å². The Labute approximate surface area is 167 Å². The molecule has 0 aliphatic carbocycles. The van der Waals surface area contributed by atoms with Crippen molar-refractivity contribution in [1.82, 2.24) is 9.80 Å². The van der Waals surface area contributed by atoms with Gasteiger partial charge in [0.05, 0.1) is 19.8 Å². The summed E-state index contributed by atoms with van der Waals surface area (Å²) in [6, 6.07) is 17.7. The largest absolute Gasteiger partial charge is 0.494 e. The summed E-state index contributed by atoms with van der Waals surface area (Å²) in [5.41, 5.74) is 1.82. The molecule has 0 aromatic heterocycles. The monoisotopic (exact) mass is 382 g/mol. The Morgan fingerprint density at radius 2 is 1.79 bits per heavy atom. The fraction of sp³-hybridized carbons (Fsp3) is 0.435. The van der Waals surface area contributed by atoms with Gasteiger partial charge in [-0.25, -0.2) is 0 Å². The van der Waals surface area contributed by atoms with Crippen molar-refractivity contribution < 1.29 is 14.3 Å². The lowest BCUT2D eigenvalue weighted by molar-refractivity contribution is 0.0228. The highest BCUT2D eigenvalue weighted by Crippen LogP contribution is 2.18. The average Bonchev–Trinajstić information content (AvgIpc) is 2.74. The molecule has 3 rings (SSSR count). The van der Waals surface area contributed by atoms with Crippen LogP contribution in [0.25, 0.3) is 0 Å². The van der Waals surface area contributed by atoms with E-state index >= 15 is 0 Å². The smallest absolute Gasteiger partial charge is 0.254 e. The lowest BCUT2D eigenvalue weighted by Crippen LogP contribution is -2.47. The number of ether oxygens (including phenoxy) is 2. The fourth-order valence-corrected chi connectivity index (χ4v) is 3.49. The third-order valence-electron chi connectivity index (χ3n) is 5.03. The molecule has 150 valence electrons. The number of nitrogens with zero attached hydrogens (tertiary/aromatic N) is 2. The molecule has 1 unspecified atom stereocenters. The second-order valence-corrected chi connectivity index (χ2v) is 7.14. The number of hydrogen-bond acceptors (Lipinski definition) is 4. The van der Waals surface area contributed by atoms with E-state index in [-0.39, 0.29) is 11.9 Å². The van der Waals surface area contributed by atoms with Gasteiger partial charge in [0.2, 0.25) is 0 Å². The third kappa shape index (κ3) is 5.57. The predicted molar refractivity (Wildman–Crippen MR) is 111 cm³/mol. The minimum absolute atomic E-state index is 0.0488. The van der Waals surface area contributed by atoms with Crippen LogP contribution in [0.5, 0.6) is 5.75 Å². The third-order valence-corrected chi connectivity index (χ3v) is 5.03. The van der Waals surface area contributed by atoms with Gasteiger partial charge in [-0.05, 0) is 43.7 Å². The molecular formula is C23H30N2O3. The molecule has 1 heterocycles. The molecule has 2 aromatic carbocycles. The van der Waals surface area contributed by atoms with E-state index < -0.39 is 0 Å². The molecular weight excluding hydrogens is 352 g/mol. The Morgan fingerprint density at radius 1 is 1.11 bits per heavy atom. The van der Waals surface area contributed by atoms with Crippen LogP contribution in [0.2, 0.25) is 0 Å². The summed E-state index contributed by atoms with van der Waals surface area (Å²) in [6.07, 6.45) is 0.